The molecule has 2 unspecified atom stereocenters. The van der Waals surface area contributed by atoms with Crippen molar-refractivity contribution in [1.82, 2.24) is 10.6 Å². The molecule has 4 rings (SSSR count). The zero-order valence-electron chi connectivity index (χ0n) is 26.3. The van der Waals surface area contributed by atoms with Crippen LogP contribution in [0.25, 0.3) is 0 Å². The fourth-order valence-corrected chi connectivity index (χ4v) is 5.15. The van der Waals surface area contributed by atoms with E-state index in [0.29, 0.717) is 16.9 Å². The van der Waals surface area contributed by atoms with Crippen LogP contribution in [0.1, 0.15) is 69.3 Å². The number of piperidine rings is 1. The summed E-state index contributed by atoms with van der Waals surface area (Å²) in [4.78, 5) is 27.7. The third kappa shape index (κ3) is 9.99. The molecule has 2 aromatic carbocycles. The monoisotopic (exact) mass is 602 g/mol. The van der Waals surface area contributed by atoms with Crippen LogP contribution in [0.15, 0.2) is 84.6 Å². The largest absolute Gasteiger partial charge is 0.444 e. The van der Waals surface area contributed by atoms with Crippen molar-refractivity contribution in [1.29, 1.82) is 0 Å². The minimum Gasteiger partial charge on any atom is -0.444 e. The molecule has 1 saturated carbocycles. The summed E-state index contributed by atoms with van der Waals surface area (Å²) in [5, 5.41) is 19.6. The lowest BCUT2D eigenvalue weighted by Gasteiger charge is -2.31. The van der Waals surface area contributed by atoms with Gasteiger partial charge < -0.3 is 35.4 Å². The normalized spacial score (nSPS) is 19.5. The second-order valence-corrected chi connectivity index (χ2v) is 12.4. The van der Waals surface area contributed by atoms with Gasteiger partial charge in [-0.25, -0.2) is 4.79 Å². The average molecular weight is 603 g/mol. The van der Waals surface area contributed by atoms with Crippen molar-refractivity contribution in [3.8, 4) is 0 Å². The molecule has 4 N–H and O–H groups in total. The van der Waals surface area contributed by atoms with Crippen molar-refractivity contribution < 1.29 is 24.2 Å². The van der Waals surface area contributed by atoms with Gasteiger partial charge in [-0.05, 0) is 89.3 Å². The number of carbonyl (C=O) groups is 2. The quantitative estimate of drug-likeness (QED) is 0.168. The lowest BCUT2D eigenvalue weighted by atomic mass is 10.1. The van der Waals surface area contributed by atoms with Crippen LogP contribution in [-0.2, 0) is 16.1 Å². The molecule has 0 aromatic heterocycles. The van der Waals surface area contributed by atoms with E-state index in [4.69, 9.17) is 9.47 Å². The summed E-state index contributed by atoms with van der Waals surface area (Å²) in [7, 11) is 0. The summed E-state index contributed by atoms with van der Waals surface area (Å²) in [5.41, 5.74) is 4.01. The number of nitrogens with one attached hydrogen (secondary N) is 3. The van der Waals surface area contributed by atoms with Crippen molar-refractivity contribution in [2.75, 3.05) is 23.3 Å². The molecule has 0 radical (unpaired) electrons. The molecule has 1 aliphatic heterocycles. The minimum atomic E-state index is -1.26. The number of aliphatic hydroxyl groups is 1. The second-order valence-electron chi connectivity index (χ2n) is 12.4. The first-order valence-corrected chi connectivity index (χ1v) is 15.3. The van der Waals surface area contributed by atoms with Crippen molar-refractivity contribution >= 4 is 23.4 Å². The number of hydrogen-bond acceptors (Lipinski definition) is 7. The van der Waals surface area contributed by atoms with Gasteiger partial charge in [-0.1, -0.05) is 48.6 Å². The van der Waals surface area contributed by atoms with E-state index in [-0.39, 0.29) is 24.5 Å². The average Bonchev–Trinajstić information content (AvgIpc) is 3.76. The Hall–Kier alpha value is -4.08. The zero-order chi connectivity index (χ0) is 31.7. The lowest BCUT2D eigenvalue weighted by Crippen LogP contribution is -2.34. The van der Waals surface area contributed by atoms with Gasteiger partial charge in [-0.15, -0.1) is 0 Å². The number of amides is 2. The molecule has 3 atom stereocenters. The molecule has 2 aliphatic rings. The van der Waals surface area contributed by atoms with Gasteiger partial charge in [0.25, 0.3) is 5.91 Å². The number of rotatable bonds is 12. The third-order valence-electron chi connectivity index (χ3n) is 7.57. The van der Waals surface area contributed by atoms with Crippen LogP contribution < -0.4 is 20.9 Å². The van der Waals surface area contributed by atoms with Crippen LogP contribution in [0.5, 0.6) is 0 Å². The number of nitrogens with zero attached hydrogens (tertiary/aromatic N) is 1. The van der Waals surface area contributed by atoms with Crippen molar-refractivity contribution in [3.05, 3.63) is 95.7 Å². The zero-order valence-corrected chi connectivity index (χ0v) is 26.3. The molecule has 2 fully saturated rings. The summed E-state index contributed by atoms with van der Waals surface area (Å²) in [6.07, 6.45) is 7.87. The molecule has 1 heterocycles. The Labute approximate surface area is 261 Å². The van der Waals surface area contributed by atoms with E-state index in [1.807, 2.05) is 76.2 Å². The van der Waals surface area contributed by atoms with Gasteiger partial charge in [0, 0.05) is 36.3 Å². The Bertz CT molecular complexity index is 1360. The number of anilines is 2. The summed E-state index contributed by atoms with van der Waals surface area (Å²) in [6.45, 7) is 13.4. The number of ether oxygens (including phenoxy) is 2. The van der Waals surface area contributed by atoms with Gasteiger partial charge in [-0.3, -0.25) is 4.79 Å². The first-order valence-electron chi connectivity index (χ1n) is 15.3. The Morgan fingerprint density at radius 2 is 1.82 bits per heavy atom. The fourth-order valence-electron chi connectivity index (χ4n) is 5.15. The lowest BCUT2D eigenvalue weighted by molar-refractivity contribution is -0.0871. The molecule has 9 heteroatoms. The fraction of sp³-hybridized carbons (Fsp3) is 0.429. The Morgan fingerprint density at radius 1 is 1.09 bits per heavy atom. The van der Waals surface area contributed by atoms with Crippen LogP contribution in [0.2, 0.25) is 0 Å². The predicted molar refractivity (Wildman–Crippen MR) is 174 cm³/mol. The molecular formula is C35H46N4O5. The topological polar surface area (TPSA) is 112 Å². The molecule has 0 spiro atoms. The first-order chi connectivity index (χ1) is 21.0. The van der Waals surface area contributed by atoms with E-state index in [0.717, 1.165) is 49.2 Å². The van der Waals surface area contributed by atoms with E-state index in [2.05, 4.69) is 27.4 Å². The molecule has 1 aliphatic carbocycles. The Kier molecular flexibility index (Phi) is 11.3. The molecule has 1 saturated heterocycles. The highest BCUT2D eigenvalue weighted by Crippen LogP contribution is 2.37. The highest BCUT2D eigenvalue weighted by molar-refractivity contribution is 5.97. The van der Waals surface area contributed by atoms with E-state index in [9.17, 15) is 14.7 Å². The summed E-state index contributed by atoms with van der Waals surface area (Å²) >= 11 is 0. The van der Waals surface area contributed by atoms with Crippen molar-refractivity contribution in [2.24, 2.45) is 5.92 Å². The maximum atomic E-state index is 13.3. The number of allylic oxidation sites excluding steroid dienone is 3. The maximum absolute atomic E-state index is 13.3. The van der Waals surface area contributed by atoms with E-state index in [1.54, 1.807) is 18.2 Å². The summed E-state index contributed by atoms with van der Waals surface area (Å²) in [5.74, 6) is -0.0851. The third-order valence-corrected chi connectivity index (χ3v) is 7.57. The van der Waals surface area contributed by atoms with Crippen LogP contribution in [0, 0.1) is 5.92 Å². The minimum absolute atomic E-state index is 0.0348. The molecule has 236 valence electrons. The van der Waals surface area contributed by atoms with E-state index < -0.39 is 18.1 Å². The van der Waals surface area contributed by atoms with Gasteiger partial charge in [-0.2, -0.15) is 0 Å². The van der Waals surface area contributed by atoms with Gasteiger partial charge in [0.2, 0.25) is 6.41 Å². The van der Waals surface area contributed by atoms with Crippen LogP contribution in [-0.4, -0.2) is 48.3 Å². The second kappa shape index (κ2) is 15.1. The Balaban J connectivity index is 1.41. The summed E-state index contributed by atoms with van der Waals surface area (Å²) < 4.78 is 11.0. The number of alkyl carbamates (subject to hydrolysis) is 1. The van der Waals surface area contributed by atoms with Crippen LogP contribution >= 0.6 is 0 Å². The predicted octanol–water partition coefficient (Wildman–Crippen LogP) is 6.24. The number of benzene rings is 2. The van der Waals surface area contributed by atoms with Crippen LogP contribution in [0.4, 0.5) is 16.2 Å². The highest BCUT2D eigenvalue weighted by atomic mass is 16.6. The summed E-state index contributed by atoms with van der Waals surface area (Å²) in [6, 6.07) is 15.1. The van der Waals surface area contributed by atoms with Crippen molar-refractivity contribution in [2.45, 2.75) is 78.0 Å². The standard InChI is InChI=1S/C35H46N4O5/c1-6-27(17-15-24(2)28-22-29(28)37-34(42)44-35(3,4)5)36-32(40)26-16-18-31(39-19-11-8-12-20-39)30(21-26)38-33(41)43-23-25-13-9-7-10-14-25/h6-7,9-10,13-18,21,28-29,33,38,41H,1,8,11-12,19-20,22-23H2,2-5H3,(H,36,40)(H,37,42)/b24-15+,27-17+/t28?,29?,33-/m0/s1. The van der Waals surface area contributed by atoms with Gasteiger partial charge in [0.1, 0.15) is 5.60 Å². The number of hydrogen-bond donors (Lipinski definition) is 4. The molecule has 2 aromatic rings. The SMILES string of the molecule is C=C/C(=C\C=C(/C)C1CC1NC(=O)OC(C)(C)C)NC(=O)c1ccc(N2CCCCC2)c(N[C@@H](O)OCc2ccccc2)c1. The highest BCUT2D eigenvalue weighted by Gasteiger charge is 2.40. The number of carbonyl (C=O) groups excluding carboxylic acids is 2. The van der Waals surface area contributed by atoms with Crippen molar-refractivity contribution in [3.63, 3.8) is 0 Å². The Morgan fingerprint density at radius 3 is 2.50 bits per heavy atom. The molecule has 2 amide bonds. The molecule has 44 heavy (non-hydrogen) atoms. The maximum Gasteiger partial charge on any atom is 0.407 e. The molecular weight excluding hydrogens is 556 g/mol. The van der Waals surface area contributed by atoms with E-state index in [1.165, 1.54) is 6.42 Å². The van der Waals surface area contributed by atoms with Gasteiger partial charge in [0.15, 0.2) is 0 Å². The molecule has 0 bridgehead atoms. The van der Waals surface area contributed by atoms with Gasteiger partial charge >= 0.3 is 6.09 Å². The first kappa shape index (κ1) is 32.8. The number of aliphatic hydroxyl groups excluding tert-OH is 1. The smallest absolute Gasteiger partial charge is 0.407 e. The van der Waals surface area contributed by atoms with Gasteiger partial charge in [0.05, 0.1) is 18.0 Å². The molecule has 9 nitrogen and oxygen atoms in total. The van der Waals surface area contributed by atoms with Crippen LogP contribution in [0.3, 0.4) is 0 Å². The van der Waals surface area contributed by atoms with E-state index >= 15 is 0 Å².